The lowest BCUT2D eigenvalue weighted by Crippen LogP contribution is -2.26. The third-order valence-electron chi connectivity index (χ3n) is 2.90. The third-order valence-corrected chi connectivity index (χ3v) is 2.90. The monoisotopic (exact) mass is 217 g/mol. The van der Waals surface area contributed by atoms with Gasteiger partial charge >= 0.3 is 0 Å². The van der Waals surface area contributed by atoms with Gasteiger partial charge in [-0.15, -0.1) is 6.58 Å². The molecule has 1 aliphatic rings. The van der Waals surface area contributed by atoms with Crippen LogP contribution < -0.4 is 10.6 Å². The molecule has 1 aromatic heterocycles. The summed E-state index contributed by atoms with van der Waals surface area (Å²) < 4.78 is 0. The van der Waals surface area contributed by atoms with Crippen molar-refractivity contribution in [3.63, 3.8) is 0 Å². The molecule has 86 valence electrons. The molecule has 3 heteroatoms. The van der Waals surface area contributed by atoms with Gasteiger partial charge in [-0.25, -0.2) is 4.98 Å². The van der Waals surface area contributed by atoms with Crippen LogP contribution in [0.1, 0.15) is 31.4 Å². The summed E-state index contributed by atoms with van der Waals surface area (Å²) in [6.07, 6.45) is 6.29. The van der Waals surface area contributed by atoms with Gasteiger partial charge in [0.05, 0.1) is 0 Å². The van der Waals surface area contributed by atoms with Crippen LogP contribution in [-0.2, 0) is 0 Å². The number of nitrogens with two attached hydrogens (primary N) is 1. The Morgan fingerprint density at radius 2 is 2.44 bits per heavy atom. The van der Waals surface area contributed by atoms with Gasteiger partial charge in [-0.3, -0.25) is 0 Å². The summed E-state index contributed by atoms with van der Waals surface area (Å²) in [4.78, 5) is 6.73. The molecule has 1 unspecified atom stereocenters. The summed E-state index contributed by atoms with van der Waals surface area (Å²) in [5.74, 6) is 1.03. The molecule has 0 saturated heterocycles. The van der Waals surface area contributed by atoms with Gasteiger partial charge in [0.25, 0.3) is 0 Å². The van der Waals surface area contributed by atoms with Crippen molar-refractivity contribution in [1.82, 2.24) is 4.98 Å². The standard InChI is InChI=1S/C13H19N3/c1-3-8-16(12-4-5-12)13-9-11(10(2)14)6-7-15-13/h3,6-7,9-10,12H,1,4-5,8,14H2,2H3. The van der Waals surface area contributed by atoms with Crippen molar-refractivity contribution in [2.45, 2.75) is 31.8 Å². The Bertz CT molecular complexity index is 369. The molecule has 0 bridgehead atoms. The molecule has 1 aliphatic carbocycles. The highest BCUT2D eigenvalue weighted by atomic mass is 15.2. The van der Waals surface area contributed by atoms with Crippen LogP contribution in [-0.4, -0.2) is 17.6 Å². The molecule has 1 aromatic rings. The van der Waals surface area contributed by atoms with E-state index < -0.39 is 0 Å². The maximum Gasteiger partial charge on any atom is 0.129 e. The van der Waals surface area contributed by atoms with Crippen LogP contribution in [0.5, 0.6) is 0 Å². The summed E-state index contributed by atoms with van der Waals surface area (Å²) in [7, 11) is 0. The van der Waals surface area contributed by atoms with Gasteiger partial charge in [-0.2, -0.15) is 0 Å². The predicted octanol–water partition coefficient (Wildman–Crippen LogP) is 2.26. The fourth-order valence-corrected chi connectivity index (χ4v) is 1.83. The van der Waals surface area contributed by atoms with E-state index in [1.807, 2.05) is 25.3 Å². The topological polar surface area (TPSA) is 42.1 Å². The lowest BCUT2D eigenvalue weighted by molar-refractivity contribution is 0.800. The molecule has 16 heavy (non-hydrogen) atoms. The van der Waals surface area contributed by atoms with Crippen LogP contribution in [0.4, 0.5) is 5.82 Å². The van der Waals surface area contributed by atoms with E-state index >= 15 is 0 Å². The molecule has 2 N–H and O–H groups in total. The van der Waals surface area contributed by atoms with Gasteiger partial charge in [0.1, 0.15) is 5.82 Å². The minimum Gasteiger partial charge on any atom is -0.350 e. The largest absolute Gasteiger partial charge is 0.350 e. The zero-order valence-corrected chi connectivity index (χ0v) is 9.76. The molecule has 1 fully saturated rings. The fraction of sp³-hybridized carbons (Fsp3) is 0.462. The number of hydrogen-bond acceptors (Lipinski definition) is 3. The van der Waals surface area contributed by atoms with E-state index in [4.69, 9.17) is 5.73 Å². The van der Waals surface area contributed by atoms with E-state index in [0.29, 0.717) is 6.04 Å². The van der Waals surface area contributed by atoms with E-state index in [1.54, 1.807) is 0 Å². The van der Waals surface area contributed by atoms with Crippen molar-refractivity contribution in [1.29, 1.82) is 0 Å². The molecule has 0 aromatic carbocycles. The average molecular weight is 217 g/mol. The van der Waals surface area contributed by atoms with Crippen LogP contribution in [0.3, 0.4) is 0 Å². The van der Waals surface area contributed by atoms with E-state index in [2.05, 4.69) is 22.5 Å². The first-order chi connectivity index (χ1) is 7.72. The van der Waals surface area contributed by atoms with Crippen molar-refractivity contribution in [3.05, 3.63) is 36.5 Å². The predicted molar refractivity (Wildman–Crippen MR) is 67.4 cm³/mol. The number of anilines is 1. The summed E-state index contributed by atoms with van der Waals surface area (Å²) in [5, 5.41) is 0. The molecule has 1 atom stereocenters. The lowest BCUT2D eigenvalue weighted by atomic mass is 10.1. The van der Waals surface area contributed by atoms with Crippen LogP contribution in [0.25, 0.3) is 0 Å². The van der Waals surface area contributed by atoms with E-state index in [0.717, 1.165) is 17.9 Å². The number of pyridine rings is 1. The summed E-state index contributed by atoms with van der Waals surface area (Å²) in [5.41, 5.74) is 7.02. The summed E-state index contributed by atoms with van der Waals surface area (Å²) in [6, 6.07) is 4.78. The molecule has 0 radical (unpaired) electrons. The number of rotatable bonds is 5. The Hall–Kier alpha value is -1.35. The first-order valence-electron chi connectivity index (χ1n) is 5.81. The van der Waals surface area contributed by atoms with Crippen LogP contribution in [0, 0.1) is 0 Å². The maximum atomic E-state index is 5.88. The second-order valence-electron chi connectivity index (χ2n) is 4.41. The van der Waals surface area contributed by atoms with Crippen molar-refractivity contribution >= 4 is 5.82 Å². The van der Waals surface area contributed by atoms with Crippen LogP contribution >= 0.6 is 0 Å². The van der Waals surface area contributed by atoms with Gasteiger partial charge < -0.3 is 10.6 Å². The Labute approximate surface area is 97.0 Å². The molecule has 1 saturated carbocycles. The van der Waals surface area contributed by atoms with Gasteiger partial charge in [0.2, 0.25) is 0 Å². The van der Waals surface area contributed by atoms with E-state index in [1.165, 1.54) is 12.8 Å². The minimum absolute atomic E-state index is 0.0616. The summed E-state index contributed by atoms with van der Waals surface area (Å²) in [6.45, 7) is 6.65. The number of hydrogen-bond donors (Lipinski definition) is 1. The first kappa shape index (κ1) is 11.1. The van der Waals surface area contributed by atoms with Crippen LogP contribution in [0.15, 0.2) is 31.0 Å². The Kier molecular flexibility index (Phi) is 3.25. The van der Waals surface area contributed by atoms with Crippen molar-refractivity contribution < 1.29 is 0 Å². The first-order valence-corrected chi connectivity index (χ1v) is 5.81. The van der Waals surface area contributed by atoms with Crippen molar-refractivity contribution in [2.24, 2.45) is 5.73 Å². The maximum absolute atomic E-state index is 5.88. The van der Waals surface area contributed by atoms with Crippen molar-refractivity contribution in [3.8, 4) is 0 Å². The fourth-order valence-electron chi connectivity index (χ4n) is 1.83. The molecule has 2 rings (SSSR count). The SMILES string of the molecule is C=CCN(c1cc(C(C)N)ccn1)C1CC1. The highest BCUT2D eigenvalue weighted by Crippen LogP contribution is 2.31. The molecule has 0 spiro atoms. The lowest BCUT2D eigenvalue weighted by Gasteiger charge is -2.22. The quantitative estimate of drug-likeness (QED) is 0.769. The van der Waals surface area contributed by atoms with Crippen molar-refractivity contribution in [2.75, 3.05) is 11.4 Å². The third kappa shape index (κ3) is 2.42. The van der Waals surface area contributed by atoms with Gasteiger partial charge in [0.15, 0.2) is 0 Å². The van der Waals surface area contributed by atoms with E-state index in [-0.39, 0.29) is 6.04 Å². The Morgan fingerprint density at radius 3 is 3.00 bits per heavy atom. The zero-order chi connectivity index (χ0) is 11.5. The van der Waals surface area contributed by atoms with E-state index in [9.17, 15) is 0 Å². The molecule has 3 nitrogen and oxygen atoms in total. The summed E-state index contributed by atoms with van der Waals surface area (Å²) >= 11 is 0. The highest BCUT2D eigenvalue weighted by molar-refractivity contribution is 5.45. The molecular formula is C13H19N3. The normalized spacial score (nSPS) is 16.9. The minimum atomic E-state index is 0.0616. The average Bonchev–Trinajstić information content (AvgIpc) is 3.10. The second-order valence-corrected chi connectivity index (χ2v) is 4.41. The zero-order valence-electron chi connectivity index (χ0n) is 9.76. The second kappa shape index (κ2) is 4.66. The van der Waals surface area contributed by atoms with Gasteiger partial charge in [-0.1, -0.05) is 6.08 Å². The highest BCUT2D eigenvalue weighted by Gasteiger charge is 2.29. The number of aromatic nitrogens is 1. The van der Waals surface area contributed by atoms with Gasteiger partial charge in [0, 0.05) is 24.8 Å². The molecule has 0 amide bonds. The molecular weight excluding hydrogens is 198 g/mol. The Balaban J connectivity index is 2.22. The Morgan fingerprint density at radius 1 is 1.69 bits per heavy atom. The van der Waals surface area contributed by atoms with Crippen LogP contribution in [0.2, 0.25) is 0 Å². The number of nitrogens with zero attached hydrogens (tertiary/aromatic N) is 2. The van der Waals surface area contributed by atoms with Gasteiger partial charge in [-0.05, 0) is 37.5 Å². The smallest absolute Gasteiger partial charge is 0.129 e. The molecule has 1 heterocycles. The molecule has 0 aliphatic heterocycles.